The fourth-order valence-electron chi connectivity index (χ4n) is 11.1. The minimum absolute atomic E-state index is 0.0137. The largest absolute Gasteiger partial charge is 0.461 e. The lowest BCUT2D eigenvalue weighted by Crippen LogP contribution is -2.61. The van der Waals surface area contributed by atoms with Crippen LogP contribution in [0.2, 0.25) is 0 Å². The fourth-order valence-corrected chi connectivity index (χ4v) is 11.1. The number of hydrogen-bond donors (Lipinski definition) is 7. The van der Waals surface area contributed by atoms with Gasteiger partial charge < -0.3 is 60.9 Å². The van der Waals surface area contributed by atoms with E-state index in [1.807, 2.05) is 47.6 Å². The Morgan fingerprint density at radius 1 is 0.398 bits per heavy atom. The third-order valence-electron chi connectivity index (χ3n) is 16.5. The molecule has 0 aromatic heterocycles. The third-order valence-corrected chi connectivity index (χ3v) is 16.5. The summed E-state index contributed by atoms with van der Waals surface area (Å²) < 4.78 is 27.9. The van der Waals surface area contributed by atoms with Crippen molar-refractivity contribution >= 4 is 71.2 Å². The van der Waals surface area contributed by atoms with E-state index < -0.39 is 144 Å². The van der Waals surface area contributed by atoms with Crippen LogP contribution in [0.4, 0.5) is 4.79 Å². The van der Waals surface area contributed by atoms with Gasteiger partial charge in [-0.25, -0.2) is 9.59 Å². The Bertz CT molecular complexity index is 3120. The minimum atomic E-state index is -1.72. The molecule has 0 fully saturated rings. The van der Waals surface area contributed by atoms with Crippen molar-refractivity contribution in [1.82, 2.24) is 37.2 Å². The number of hydrogen-bond acceptors (Lipinski definition) is 17. The van der Waals surface area contributed by atoms with Crippen molar-refractivity contribution in [3.05, 3.63) is 108 Å². The van der Waals surface area contributed by atoms with E-state index in [0.717, 1.165) is 44.1 Å². The molecule has 24 nitrogen and oxygen atoms in total. The summed E-state index contributed by atoms with van der Waals surface area (Å²) in [5.41, 5.74) is 0.778. The smallest absolute Gasteiger partial charge is 0.408 e. The average molecular weight is 1440 g/mol. The summed E-state index contributed by atoms with van der Waals surface area (Å²) in [5.74, 6) is -10.2. The topological polar surface area (TPSA) is 335 Å². The zero-order valence-corrected chi connectivity index (χ0v) is 63.5. The predicted octanol–water partition coefficient (Wildman–Crippen LogP) is 10.9. The molecule has 0 bridgehead atoms. The highest BCUT2D eigenvalue weighted by Gasteiger charge is 2.38. The number of ketones is 1. The SMILES string of the molecule is CCCCCCCCCCC[C@H](CC(=O)OCC(=O)c1ccccc1)OC(=O)[C@H](CC(C)C)NC(=O)[C@@H](CC(C)C)NC(=O)[C@H](CC(=O)OCc1ccccc1)NC(=O)[C@@H](NC(=O)[C@@H](CC(C)C)NC(=O)[C@H](CC(C)C)NC(=O)[C@H](CCC(=O)OCc1ccccc1)NC(=O)OC(C)(C)C)C(C)C. The molecular weight excluding hydrogens is 1320 g/mol. The number of Topliss-reactive ketones (excluding diaryl/α,β-unsaturated/α-hetero) is 1. The molecule has 0 radical (unpaired) electrons. The van der Waals surface area contributed by atoms with Gasteiger partial charge in [0.2, 0.25) is 35.4 Å². The molecule has 0 heterocycles. The summed E-state index contributed by atoms with van der Waals surface area (Å²) in [5, 5.41) is 18.9. The van der Waals surface area contributed by atoms with Crippen molar-refractivity contribution in [3.63, 3.8) is 0 Å². The molecule has 3 aromatic rings. The molecule has 103 heavy (non-hydrogen) atoms. The Hall–Kier alpha value is -8.70. The minimum Gasteiger partial charge on any atom is -0.461 e. The zero-order chi connectivity index (χ0) is 76.6. The molecule has 3 aromatic carbocycles. The molecule has 0 unspecified atom stereocenters. The van der Waals surface area contributed by atoms with Gasteiger partial charge in [0.25, 0.3) is 0 Å². The number of benzene rings is 3. The van der Waals surface area contributed by atoms with Crippen LogP contribution < -0.4 is 37.2 Å². The molecule has 0 aliphatic heterocycles. The number of alkyl carbamates (subject to hydrolysis) is 1. The first-order valence-corrected chi connectivity index (χ1v) is 36.9. The second kappa shape index (κ2) is 47.5. The second-order valence-electron chi connectivity index (χ2n) is 29.6. The highest BCUT2D eigenvalue weighted by atomic mass is 16.6. The summed E-state index contributed by atoms with van der Waals surface area (Å²) in [6.45, 7) is 24.2. The quantitative estimate of drug-likeness (QED) is 0.0120. The number of unbranched alkanes of at least 4 members (excludes halogenated alkanes) is 8. The molecular formula is C79H119N7O17. The van der Waals surface area contributed by atoms with Crippen molar-refractivity contribution in [1.29, 1.82) is 0 Å². The standard InChI is InChI=1S/C79H119N7O17/c1-15-16-17-18-19-20-21-22-32-39-59(46-68(89)101-50-66(87)58-37-30-25-31-38-58)102-77(97)65(45-54(8)9)84-73(93)62(43-52(4)5)81-74(94)64(47-69(90)100-49-57-35-28-24-29-36-57)83-76(96)70(55(10)11)86-75(95)63(44-53(6)7)82-72(92)61(42-51(2)3)80-71(91)60(85-78(98)103-79(12,13)14)40-41-67(88)99-48-56-33-26-23-27-34-56/h23-31,33-38,51-55,59-65,70H,15-22,32,39-50H2,1-14H3,(H,80,91)(H,81,94)(H,82,92)(H,83,96)(H,84,93)(H,85,98)(H,86,95)/t59-,60+,61+,62-,63-,64+,65+,70+/m1/s1. The van der Waals surface area contributed by atoms with Crippen LogP contribution >= 0.6 is 0 Å². The second-order valence-corrected chi connectivity index (χ2v) is 29.6. The van der Waals surface area contributed by atoms with Gasteiger partial charge in [-0.1, -0.05) is 219 Å². The van der Waals surface area contributed by atoms with Crippen molar-refractivity contribution < 1.29 is 81.2 Å². The molecule has 0 aliphatic carbocycles. The molecule has 0 spiro atoms. The summed E-state index contributed by atoms with van der Waals surface area (Å²) in [4.78, 5) is 168. The molecule has 572 valence electrons. The van der Waals surface area contributed by atoms with E-state index in [1.165, 1.54) is 12.8 Å². The van der Waals surface area contributed by atoms with E-state index in [-0.39, 0.29) is 81.8 Å². The van der Waals surface area contributed by atoms with E-state index >= 15 is 0 Å². The van der Waals surface area contributed by atoms with Crippen LogP contribution in [0.15, 0.2) is 91.0 Å². The lowest BCUT2D eigenvalue weighted by molar-refractivity contribution is -0.158. The number of rotatable bonds is 48. The first kappa shape index (κ1) is 88.5. The van der Waals surface area contributed by atoms with E-state index in [1.54, 1.807) is 133 Å². The number of carbonyl (C=O) groups excluding carboxylic acids is 12. The van der Waals surface area contributed by atoms with Crippen LogP contribution in [0.25, 0.3) is 0 Å². The molecule has 3 rings (SSSR count). The zero-order valence-electron chi connectivity index (χ0n) is 63.5. The third kappa shape index (κ3) is 37.9. The van der Waals surface area contributed by atoms with Gasteiger partial charge in [-0.05, 0) is 106 Å². The number of esters is 4. The van der Waals surface area contributed by atoms with Crippen LogP contribution in [0.1, 0.15) is 234 Å². The van der Waals surface area contributed by atoms with Crippen molar-refractivity contribution in [2.75, 3.05) is 6.61 Å². The van der Waals surface area contributed by atoms with Gasteiger partial charge in [0.15, 0.2) is 12.4 Å². The summed E-state index contributed by atoms with van der Waals surface area (Å²) in [6.07, 6.45) is 6.14. The van der Waals surface area contributed by atoms with Gasteiger partial charge in [0, 0.05) is 12.0 Å². The number of ether oxygens (including phenoxy) is 5. The number of carbonyl (C=O) groups is 12. The summed E-state index contributed by atoms with van der Waals surface area (Å²) >= 11 is 0. The fraction of sp³-hybridized carbons (Fsp3) is 0.620. The Morgan fingerprint density at radius 2 is 0.796 bits per heavy atom. The van der Waals surface area contributed by atoms with Crippen LogP contribution in [0, 0.1) is 29.6 Å². The average Bonchev–Trinajstić information content (AvgIpc) is 0.849. The maximum Gasteiger partial charge on any atom is 0.408 e. The predicted molar refractivity (Wildman–Crippen MR) is 392 cm³/mol. The summed E-state index contributed by atoms with van der Waals surface area (Å²) in [7, 11) is 0. The van der Waals surface area contributed by atoms with Gasteiger partial charge in [-0.3, -0.25) is 47.9 Å². The van der Waals surface area contributed by atoms with E-state index in [9.17, 15) is 57.5 Å². The first-order chi connectivity index (χ1) is 48.7. The Morgan fingerprint density at radius 3 is 1.26 bits per heavy atom. The van der Waals surface area contributed by atoms with Gasteiger partial charge in [0.1, 0.15) is 67.2 Å². The molecule has 0 saturated carbocycles. The van der Waals surface area contributed by atoms with Gasteiger partial charge >= 0.3 is 30.0 Å². The van der Waals surface area contributed by atoms with Gasteiger partial charge in [-0.2, -0.15) is 0 Å². The van der Waals surface area contributed by atoms with Crippen LogP contribution in [0.3, 0.4) is 0 Å². The number of nitrogens with one attached hydrogen (secondary N) is 7. The molecule has 24 heteroatoms. The highest BCUT2D eigenvalue weighted by molar-refractivity contribution is 5.99. The maximum atomic E-state index is 14.8. The Labute approximate surface area is 610 Å². The number of amides is 7. The van der Waals surface area contributed by atoms with Crippen molar-refractivity contribution in [3.8, 4) is 0 Å². The van der Waals surface area contributed by atoms with Crippen LogP contribution in [-0.4, -0.2) is 132 Å². The normalized spacial score (nSPS) is 13.8. The molecule has 0 saturated heterocycles. The highest BCUT2D eigenvalue weighted by Crippen LogP contribution is 2.20. The Balaban J connectivity index is 1.93. The Kier molecular flexibility index (Phi) is 40.9. The van der Waals surface area contributed by atoms with E-state index in [2.05, 4.69) is 44.1 Å². The van der Waals surface area contributed by atoms with E-state index in [4.69, 9.17) is 23.7 Å². The molecule has 0 aliphatic rings. The van der Waals surface area contributed by atoms with Gasteiger partial charge in [-0.15, -0.1) is 0 Å². The van der Waals surface area contributed by atoms with Gasteiger partial charge in [0.05, 0.1) is 12.8 Å². The lowest BCUT2D eigenvalue weighted by atomic mass is 9.98. The first-order valence-electron chi connectivity index (χ1n) is 36.9. The summed E-state index contributed by atoms with van der Waals surface area (Å²) in [6, 6.07) is 16.3. The van der Waals surface area contributed by atoms with Crippen LogP contribution in [0.5, 0.6) is 0 Å². The monoisotopic (exact) mass is 1440 g/mol. The maximum absolute atomic E-state index is 14.8. The molecule has 8 atom stereocenters. The van der Waals surface area contributed by atoms with Crippen molar-refractivity contribution in [2.24, 2.45) is 29.6 Å². The lowest BCUT2D eigenvalue weighted by Gasteiger charge is -2.30. The molecule has 7 amide bonds. The molecule has 7 N–H and O–H groups in total. The van der Waals surface area contributed by atoms with Crippen molar-refractivity contribution in [2.45, 2.75) is 280 Å². The van der Waals surface area contributed by atoms with Crippen LogP contribution in [-0.2, 0) is 84.8 Å². The van der Waals surface area contributed by atoms with E-state index in [0.29, 0.717) is 24.0 Å².